The Morgan fingerprint density at radius 2 is 0.656 bits per heavy atom. The molecule has 0 N–H and O–H groups in total. The van der Waals surface area contributed by atoms with Gasteiger partial charge in [0, 0.05) is 24.8 Å². The average molecular weight is 417 g/mol. The van der Waals surface area contributed by atoms with E-state index in [9.17, 15) is 0 Å². The topological polar surface area (TPSA) is 70.9 Å². The Hall–Kier alpha value is -4.65. The maximum atomic E-state index is 4.97. The summed E-state index contributed by atoms with van der Waals surface area (Å²) in [6.07, 6.45) is 7.01. The highest BCUT2D eigenvalue weighted by Gasteiger charge is 2.20. The summed E-state index contributed by atoms with van der Waals surface area (Å²) >= 11 is 0. The Morgan fingerprint density at radius 1 is 0.344 bits per heavy atom. The highest BCUT2D eigenvalue weighted by molar-refractivity contribution is 5.74. The summed E-state index contributed by atoms with van der Waals surface area (Å²) in [7, 11) is 0. The molecule has 7 nitrogen and oxygen atoms in total. The average Bonchev–Trinajstić information content (AvgIpc) is 2.87. The van der Waals surface area contributed by atoms with Gasteiger partial charge in [0.25, 0.3) is 0 Å². The molecule has 5 rings (SSSR count). The second-order valence-corrected chi connectivity index (χ2v) is 6.78. The predicted octanol–water partition coefficient (Wildman–Crippen LogP) is 5.60. The zero-order chi connectivity index (χ0) is 21.6. The summed E-state index contributed by atoms with van der Waals surface area (Å²) in [6.45, 7) is 0. The Labute approximate surface area is 185 Å². The van der Waals surface area contributed by atoms with Gasteiger partial charge >= 0.3 is 0 Å². The van der Waals surface area contributed by atoms with Crippen LogP contribution < -0.4 is 9.80 Å². The van der Waals surface area contributed by atoms with Gasteiger partial charge in [-0.2, -0.15) is 0 Å². The van der Waals surface area contributed by atoms with Crippen molar-refractivity contribution in [3.8, 4) is 0 Å². The van der Waals surface area contributed by atoms with Crippen LogP contribution in [0.4, 0.5) is 34.9 Å². The molecule has 0 unspecified atom stereocenters. The highest BCUT2D eigenvalue weighted by atomic mass is 15.3. The van der Waals surface area contributed by atoms with Crippen molar-refractivity contribution in [1.82, 2.24) is 24.9 Å². The second-order valence-electron chi connectivity index (χ2n) is 6.78. The van der Waals surface area contributed by atoms with Gasteiger partial charge in [0.2, 0.25) is 0 Å². The first-order chi connectivity index (χ1) is 15.9. The third kappa shape index (κ3) is 3.99. The first-order valence-electron chi connectivity index (χ1n) is 10.1. The minimum absolute atomic E-state index is 0.678. The molecule has 5 aromatic heterocycles. The summed E-state index contributed by atoms with van der Waals surface area (Å²) in [4.78, 5) is 26.9. The van der Waals surface area contributed by atoms with Gasteiger partial charge < -0.3 is 0 Å². The number of aromatic nitrogens is 5. The van der Waals surface area contributed by atoms with E-state index in [1.54, 1.807) is 24.8 Å². The summed E-state index contributed by atoms with van der Waals surface area (Å²) in [5.74, 6) is 4.24. The van der Waals surface area contributed by atoms with Gasteiger partial charge in [-0.3, -0.25) is 9.80 Å². The van der Waals surface area contributed by atoms with Crippen molar-refractivity contribution < 1.29 is 0 Å². The maximum Gasteiger partial charge on any atom is 0.142 e. The molecule has 0 aliphatic carbocycles. The predicted molar refractivity (Wildman–Crippen MR) is 125 cm³/mol. The number of pyridine rings is 5. The molecule has 0 aromatic carbocycles. The minimum Gasteiger partial charge on any atom is -0.262 e. The molecule has 0 spiro atoms. The number of hydrogen-bond acceptors (Lipinski definition) is 7. The molecule has 32 heavy (non-hydrogen) atoms. The molecular weight excluding hydrogens is 398 g/mol. The van der Waals surface area contributed by atoms with E-state index in [4.69, 9.17) is 4.98 Å². The van der Waals surface area contributed by atoms with Crippen LogP contribution in [-0.2, 0) is 0 Å². The van der Waals surface area contributed by atoms with Gasteiger partial charge in [-0.1, -0.05) is 30.3 Å². The van der Waals surface area contributed by atoms with Crippen molar-refractivity contribution in [1.29, 1.82) is 0 Å². The molecule has 5 heterocycles. The lowest BCUT2D eigenvalue weighted by atomic mass is 10.3. The molecule has 0 fully saturated rings. The minimum atomic E-state index is 0.678. The quantitative estimate of drug-likeness (QED) is 0.356. The summed E-state index contributed by atoms with van der Waals surface area (Å²) in [5, 5.41) is 0. The largest absolute Gasteiger partial charge is 0.262 e. The molecule has 0 radical (unpaired) electrons. The van der Waals surface area contributed by atoms with E-state index in [0.717, 1.165) is 23.3 Å². The highest BCUT2D eigenvalue weighted by Crippen LogP contribution is 2.34. The van der Waals surface area contributed by atoms with Crippen LogP contribution >= 0.6 is 0 Å². The molecule has 154 valence electrons. The third-order valence-electron chi connectivity index (χ3n) is 4.69. The van der Waals surface area contributed by atoms with Gasteiger partial charge in [0.1, 0.15) is 34.9 Å². The molecular formula is C25H19N7. The van der Waals surface area contributed by atoms with Crippen LogP contribution in [0.2, 0.25) is 0 Å². The molecule has 0 amide bonds. The van der Waals surface area contributed by atoms with Crippen molar-refractivity contribution in [2.45, 2.75) is 0 Å². The van der Waals surface area contributed by atoms with Crippen LogP contribution in [0.1, 0.15) is 0 Å². The normalized spacial score (nSPS) is 10.5. The zero-order valence-electron chi connectivity index (χ0n) is 17.1. The van der Waals surface area contributed by atoms with E-state index >= 15 is 0 Å². The fourth-order valence-electron chi connectivity index (χ4n) is 3.31. The lowest BCUT2D eigenvalue weighted by Crippen LogP contribution is -2.18. The van der Waals surface area contributed by atoms with Gasteiger partial charge in [0.15, 0.2) is 0 Å². The monoisotopic (exact) mass is 417 g/mol. The van der Waals surface area contributed by atoms with Crippen LogP contribution in [-0.4, -0.2) is 24.9 Å². The van der Waals surface area contributed by atoms with E-state index in [2.05, 4.69) is 19.9 Å². The molecule has 5 aromatic rings. The van der Waals surface area contributed by atoms with Crippen molar-refractivity contribution in [2.75, 3.05) is 9.80 Å². The number of hydrogen-bond donors (Lipinski definition) is 0. The van der Waals surface area contributed by atoms with Gasteiger partial charge in [0.05, 0.1) is 0 Å². The lowest BCUT2D eigenvalue weighted by molar-refractivity contribution is 1.05. The number of rotatable bonds is 6. The molecule has 0 saturated carbocycles. The molecule has 0 saturated heterocycles. The van der Waals surface area contributed by atoms with E-state index in [1.165, 1.54) is 0 Å². The van der Waals surface area contributed by atoms with E-state index in [-0.39, 0.29) is 0 Å². The van der Waals surface area contributed by atoms with Crippen LogP contribution in [0, 0.1) is 0 Å². The molecule has 0 bridgehead atoms. The molecule has 0 aliphatic rings. The Bertz CT molecular complexity index is 1090. The first-order valence-corrected chi connectivity index (χ1v) is 10.1. The summed E-state index contributed by atoms with van der Waals surface area (Å²) < 4.78 is 0. The lowest BCUT2D eigenvalue weighted by Gasteiger charge is -2.25. The number of nitrogens with zero attached hydrogens (tertiary/aromatic N) is 7. The van der Waals surface area contributed by atoms with Crippen molar-refractivity contribution in [3.63, 3.8) is 0 Å². The fourth-order valence-corrected chi connectivity index (χ4v) is 3.31. The SMILES string of the molecule is c1ccc(N(c2ccccn2)c2cccc(N(c3ccccn3)c3ccccn3)n2)nc1. The van der Waals surface area contributed by atoms with Crippen LogP contribution in [0.15, 0.2) is 116 Å². The maximum absolute atomic E-state index is 4.97. The van der Waals surface area contributed by atoms with Crippen LogP contribution in [0.5, 0.6) is 0 Å². The Kier molecular flexibility index (Phi) is 5.44. The van der Waals surface area contributed by atoms with Crippen molar-refractivity contribution in [3.05, 3.63) is 116 Å². The van der Waals surface area contributed by atoms with Crippen molar-refractivity contribution in [2.24, 2.45) is 0 Å². The first kappa shape index (κ1) is 19.3. The summed E-state index contributed by atoms with van der Waals surface area (Å²) in [6, 6.07) is 28.8. The molecule has 0 aliphatic heterocycles. The third-order valence-corrected chi connectivity index (χ3v) is 4.69. The van der Waals surface area contributed by atoms with E-state index in [1.807, 2.05) is 101 Å². The van der Waals surface area contributed by atoms with E-state index < -0.39 is 0 Å². The van der Waals surface area contributed by atoms with Gasteiger partial charge in [-0.05, 0) is 60.7 Å². The van der Waals surface area contributed by atoms with Crippen LogP contribution in [0.25, 0.3) is 0 Å². The smallest absolute Gasteiger partial charge is 0.142 e. The summed E-state index contributed by atoms with van der Waals surface area (Å²) in [5.41, 5.74) is 0. The van der Waals surface area contributed by atoms with Gasteiger partial charge in [-0.25, -0.2) is 24.9 Å². The fraction of sp³-hybridized carbons (Fsp3) is 0. The molecule has 7 heteroatoms. The molecule has 0 atom stereocenters. The number of anilines is 6. The Balaban J connectivity index is 1.65. The van der Waals surface area contributed by atoms with E-state index in [0.29, 0.717) is 11.6 Å². The van der Waals surface area contributed by atoms with Crippen LogP contribution in [0.3, 0.4) is 0 Å². The zero-order valence-corrected chi connectivity index (χ0v) is 17.1. The standard InChI is InChI=1S/C25H19N7/c1-5-16-26-20(10-1)31(21-11-2-6-17-27-21)24-14-9-15-25(30-24)32(22-12-3-7-18-28-22)23-13-4-8-19-29-23/h1-19H. The van der Waals surface area contributed by atoms with Gasteiger partial charge in [-0.15, -0.1) is 0 Å². The Morgan fingerprint density at radius 3 is 0.938 bits per heavy atom. The van der Waals surface area contributed by atoms with Crippen molar-refractivity contribution >= 4 is 34.9 Å². The second kappa shape index (κ2) is 9.01.